The summed E-state index contributed by atoms with van der Waals surface area (Å²) >= 11 is 0. The lowest BCUT2D eigenvalue weighted by Gasteiger charge is -2.12. The maximum atomic E-state index is 13.5. The fourth-order valence-electron chi connectivity index (χ4n) is 3.93. The molecular weight excluding hydrogens is 434 g/mol. The Bertz CT molecular complexity index is 1680. The predicted molar refractivity (Wildman–Crippen MR) is 129 cm³/mol. The smallest absolute Gasteiger partial charge is 0.336 e. The maximum Gasteiger partial charge on any atom is 0.336 e. The van der Waals surface area contributed by atoms with Crippen molar-refractivity contribution in [3.63, 3.8) is 0 Å². The van der Waals surface area contributed by atoms with E-state index in [2.05, 4.69) is 5.32 Å². The largest absolute Gasteiger partial charge is 0.449 e. The minimum atomic E-state index is -0.655. The van der Waals surface area contributed by atoms with Gasteiger partial charge in [0.1, 0.15) is 17.6 Å². The van der Waals surface area contributed by atoms with Crippen molar-refractivity contribution in [3.8, 4) is 5.69 Å². The van der Waals surface area contributed by atoms with E-state index in [0.717, 1.165) is 4.57 Å². The molecule has 1 amide bonds. The van der Waals surface area contributed by atoms with E-state index in [1.165, 1.54) is 11.5 Å². The number of furan rings is 1. The molecule has 2 aromatic heterocycles. The summed E-state index contributed by atoms with van der Waals surface area (Å²) in [7, 11) is 0. The van der Waals surface area contributed by atoms with Crippen LogP contribution in [0.2, 0.25) is 0 Å². The normalized spacial score (nSPS) is 11.1. The topological polar surface area (TPSA) is 103 Å². The van der Waals surface area contributed by atoms with E-state index in [9.17, 15) is 19.2 Å². The number of Topliss-reactive ketones (excluding diaryl/α,β-unsaturated/α-hetero) is 1. The Labute approximate surface area is 192 Å². The summed E-state index contributed by atoms with van der Waals surface area (Å²) < 4.78 is 8.06. The molecule has 0 radical (unpaired) electrons. The number of fused-ring (bicyclic) bond motifs is 3. The van der Waals surface area contributed by atoms with Gasteiger partial charge in [0.2, 0.25) is 11.5 Å². The van der Waals surface area contributed by atoms with Crippen LogP contribution in [0.4, 0.5) is 5.69 Å². The van der Waals surface area contributed by atoms with Gasteiger partial charge in [-0.3, -0.25) is 19.0 Å². The van der Waals surface area contributed by atoms with E-state index in [-0.39, 0.29) is 23.4 Å². The molecule has 2 heterocycles. The molecule has 0 saturated heterocycles. The zero-order chi connectivity index (χ0) is 23.8. The van der Waals surface area contributed by atoms with Crippen molar-refractivity contribution in [2.45, 2.75) is 13.5 Å². The molecule has 1 N–H and O–H groups in total. The number of anilines is 1. The van der Waals surface area contributed by atoms with Crippen molar-refractivity contribution in [2.75, 3.05) is 5.32 Å². The van der Waals surface area contributed by atoms with Gasteiger partial charge in [-0.1, -0.05) is 30.3 Å². The van der Waals surface area contributed by atoms with Crippen LogP contribution in [-0.2, 0) is 11.3 Å². The van der Waals surface area contributed by atoms with Gasteiger partial charge in [0, 0.05) is 16.6 Å². The second kappa shape index (κ2) is 8.32. The van der Waals surface area contributed by atoms with Gasteiger partial charge in [0.15, 0.2) is 5.78 Å². The number of benzene rings is 3. The first-order chi connectivity index (χ1) is 16.4. The zero-order valence-electron chi connectivity index (χ0n) is 18.1. The summed E-state index contributed by atoms with van der Waals surface area (Å²) in [6, 6.07) is 21.9. The van der Waals surface area contributed by atoms with Crippen molar-refractivity contribution >= 4 is 39.4 Å². The first kappa shape index (κ1) is 21.1. The summed E-state index contributed by atoms with van der Waals surface area (Å²) in [4.78, 5) is 51.2. The van der Waals surface area contributed by atoms with Crippen LogP contribution in [0.25, 0.3) is 27.8 Å². The third-order valence-electron chi connectivity index (χ3n) is 5.55. The van der Waals surface area contributed by atoms with Crippen LogP contribution in [0, 0.1) is 0 Å². The molecule has 0 unspecified atom stereocenters. The third kappa shape index (κ3) is 3.61. The van der Waals surface area contributed by atoms with Crippen LogP contribution in [0.15, 0.2) is 92.9 Å². The summed E-state index contributed by atoms with van der Waals surface area (Å²) in [5.41, 5.74) is 0.811. The molecule has 168 valence electrons. The molecule has 0 saturated carbocycles. The SMILES string of the molecule is CC(=O)c1ccc(NC(=O)Cn2c(=O)n(-c3ccccc3)c(=O)c3oc4ccccc4c32)cc1. The molecule has 0 spiro atoms. The van der Waals surface area contributed by atoms with Crippen LogP contribution in [0.5, 0.6) is 0 Å². The zero-order valence-corrected chi connectivity index (χ0v) is 18.1. The van der Waals surface area contributed by atoms with Crippen molar-refractivity contribution in [1.82, 2.24) is 9.13 Å². The molecular formula is C26H19N3O5. The van der Waals surface area contributed by atoms with E-state index in [1.54, 1.807) is 78.9 Å². The molecule has 0 aliphatic rings. The Morgan fingerprint density at radius 2 is 1.56 bits per heavy atom. The molecule has 8 heteroatoms. The van der Waals surface area contributed by atoms with Crippen LogP contribution >= 0.6 is 0 Å². The number of ketones is 1. The summed E-state index contributed by atoms with van der Waals surface area (Å²) in [5.74, 6) is -0.552. The lowest BCUT2D eigenvalue weighted by molar-refractivity contribution is -0.116. The van der Waals surface area contributed by atoms with Crippen molar-refractivity contribution < 1.29 is 14.0 Å². The van der Waals surface area contributed by atoms with E-state index in [0.29, 0.717) is 27.9 Å². The number of nitrogens with one attached hydrogen (secondary N) is 1. The highest BCUT2D eigenvalue weighted by molar-refractivity contribution is 6.03. The fourth-order valence-corrected chi connectivity index (χ4v) is 3.93. The maximum absolute atomic E-state index is 13.5. The van der Waals surface area contributed by atoms with Gasteiger partial charge in [-0.05, 0) is 55.5 Å². The van der Waals surface area contributed by atoms with Gasteiger partial charge in [-0.15, -0.1) is 0 Å². The van der Waals surface area contributed by atoms with Gasteiger partial charge in [0.25, 0.3) is 0 Å². The molecule has 5 rings (SSSR count). The van der Waals surface area contributed by atoms with E-state index in [4.69, 9.17) is 4.42 Å². The molecule has 0 aliphatic heterocycles. The predicted octanol–water partition coefficient (Wildman–Crippen LogP) is 3.74. The number of hydrogen-bond donors (Lipinski definition) is 1. The number of carbonyl (C=O) groups is 2. The number of para-hydroxylation sites is 2. The number of nitrogens with zero attached hydrogens (tertiary/aromatic N) is 2. The lowest BCUT2D eigenvalue weighted by atomic mass is 10.1. The van der Waals surface area contributed by atoms with E-state index >= 15 is 0 Å². The Morgan fingerprint density at radius 1 is 0.882 bits per heavy atom. The van der Waals surface area contributed by atoms with Crippen molar-refractivity contribution in [1.29, 1.82) is 0 Å². The molecule has 0 atom stereocenters. The van der Waals surface area contributed by atoms with Gasteiger partial charge in [-0.2, -0.15) is 0 Å². The first-order valence-electron chi connectivity index (χ1n) is 10.6. The number of hydrogen-bond acceptors (Lipinski definition) is 5. The Hall–Kier alpha value is -4.72. The average Bonchev–Trinajstić information content (AvgIpc) is 3.23. The van der Waals surface area contributed by atoms with Crippen LogP contribution in [-0.4, -0.2) is 20.8 Å². The van der Waals surface area contributed by atoms with Crippen molar-refractivity contribution in [3.05, 3.63) is 105 Å². The Kier molecular flexibility index (Phi) is 5.18. The van der Waals surface area contributed by atoms with E-state index < -0.39 is 17.2 Å². The van der Waals surface area contributed by atoms with Crippen LogP contribution < -0.4 is 16.6 Å². The highest BCUT2D eigenvalue weighted by Crippen LogP contribution is 2.26. The van der Waals surface area contributed by atoms with Gasteiger partial charge in [-0.25, -0.2) is 9.36 Å². The second-order valence-corrected chi connectivity index (χ2v) is 7.80. The first-order valence-corrected chi connectivity index (χ1v) is 10.6. The van der Waals surface area contributed by atoms with Crippen LogP contribution in [0.1, 0.15) is 17.3 Å². The van der Waals surface area contributed by atoms with Gasteiger partial charge >= 0.3 is 11.2 Å². The fraction of sp³-hybridized carbons (Fsp3) is 0.0769. The minimum absolute atomic E-state index is 0.0109. The molecule has 34 heavy (non-hydrogen) atoms. The highest BCUT2D eigenvalue weighted by Gasteiger charge is 2.22. The molecule has 0 aliphatic carbocycles. The monoisotopic (exact) mass is 453 g/mol. The second-order valence-electron chi connectivity index (χ2n) is 7.80. The van der Waals surface area contributed by atoms with Gasteiger partial charge in [0.05, 0.1) is 5.69 Å². The molecule has 0 fully saturated rings. The quantitative estimate of drug-likeness (QED) is 0.409. The Balaban J connectivity index is 1.64. The highest BCUT2D eigenvalue weighted by atomic mass is 16.3. The van der Waals surface area contributed by atoms with Crippen LogP contribution in [0.3, 0.4) is 0 Å². The third-order valence-corrected chi connectivity index (χ3v) is 5.55. The summed E-state index contributed by atoms with van der Waals surface area (Å²) in [6.07, 6.45) is 0. The Morgan fingerprint density at radius 3 is 2.26 bits per heavy atom. The molecule has 0 bridgehead atoms. The number of carbonyl (C=O) groups excluding carboxylic acids is 2. The lowest BCUT2D eigenvalue weighted by Crippen LogP contribution is -2.40. The number of rotatable bonds is 5. The summed E-state index contributed by atoms with van der Waals surface area (Å²) in [6.45, 7) is 1.11. The summed E-state index contributed by atoms with van der Waals surface area (Å²) in [5, 5.41) is 3.30. The molecule has 5 aromatic rings. The van der Waals surface area contributed by atoms with Crippen molar-refractivity contribution in [2.24, 2.45) is 0 Å². The molecule has 8 nitrogen and oxygen atoms in total. The standard InChI is InChI=1S/C26H19N3O5/c1-16(30)17-11-13-18(14-12-17)27-22(31)15-28-23-20-9-5-6-10-21(20)34-24(23)25(32)29(26(28)33)19-7-3-2-4-8-19/h2-14H,15H2,1H3,(H,27,31). The number of amides is 1. The number of aromatic nitrogens is 2. The van der Waals surface area contributed by atoms with E-state index in [1.807, 2.05) is 0 Å². The van der Waals surface area contributed by atoms with Gasteiger partial charge < -0.3 is 9.73 Å². The minimum Gasteiger partial charge on any atom is -0.449 e. The average molecular weight is 453 g/mol. The molecule has 3 aromatic carbocycles.